The zero-order chi connectivity index (χ0) is 27.3. The van der Waals surface area contributed by atoms with Gasteiger partial charge in [-0.25, -0.2) is 0 Å². The third-order valence-corrected chi connectivity index (χ3v) is 8.23. The highest BCUT2D eigenvalue weighted by Gasteiger charge is 2.30. The van der Waals surface area contributed by atoms with Crippen LogP contribution in [0.1, 0.15) is 46.3 Å². The van der Waals surface area contributed by atoms with E-state index in [9.17, 15) is 4.79 Å². The molecule has 2 heterocycles. The number of rotatable bonds is 9. The van der Waals surface area contributed by atoms with Gasteiger partial charge in [0.15, 0.2) is 0 Å². The van der Waals surface area contributed by atoms with Crippen LogP contribution < -0.4 is 14.5 Å². The Balaban J connectivity index is 1.07. The van der Waals surface area contributed by atoms with E-state index in [2.05, 4.69) is 88.7 Å². The minimum absolute atomic E-state index is 0.0764. The van der Waals surface area contributed by atoms with E-state index in [1.807, 2.05) is 36.1 Å². The van der Waals surface area contributed by atoms with Crippen molar-refractivity contribution in [2.24, 2.45) is 0 Å². The summed E-state index contributed by atoms with van der Waals surface area (Å²) in [6, 6.07) is 36.0. The Kier molecular flexibility index (Phi) is 7.83. The van der Waals surface area contributed by atoms with Gasteiger partial charge in [0, 0.05) is 49.0 Å². The second-order valence-electron chi connectivity index (χ2n) is 10.7. The Labute approximate surface area is 237 Å². The highest BCUT2D eigenvalue weighted by molar-refractivity contribution is 6.10. The third kappa shape index (κ3) is 5.61. The van der Waals surface area contributed by atoms with E-state index in [0.717, 1.165) is 67.4 Å². The third-order valence-electron chi connectivity index (χ3n) is 8.23. The summed E-state index contributed by atoms with van der Waals surface area (Å²) in [4.78, 5) is 20.2. The highest BCUT2D eigenvalue weighted by Crippen LogP contribution is 2.33. The lowest BCUT2D eigenvalue weighted by Crippen LogP contribution is -2.46. The zero-order valence-electron chi connectivity index (χ0n) is 23.2. The molecule has 0 saturated carbocycles. The molecule has 0 unspecified atom stereocenters. The van der Waals surface area contributed by atoms with Gasteiger partial charge >= 0.3 is 0 Å². The SMILES string of the molecule is CCOc1ccc(N2Cc3ccc(N4CCN(CCC(c5ccccc5)c5ccccc5)CC4)cc3C2=O)cc1. The molecule has 5 nitrogen and oxygen atoms in total. The summed E-state index contributed by atoms with van der Waals surface area (Å²) in [7, 11) is 0. The molecule has 4 aromatic rings. The van der Waals surface area contributed by atoms with Crippen molar-refractivity contribution < 1.29 is 9.53 Å². The molecule has 0 spiro atoms. The molecule has 2 aliphatic rings. The van der Waals surface area contributed by atoms with E-state index in [0.29, 0.717) is 19.1 Å². The molecule has 0 bridgehead atoms. The molecule has 1 fully saturated rings. The van der Waals surface area contributed by atoms with E-state index < -0.39 is 0 Å². The van der Waals surface area contributed by atoms with Crippen LogP contribution in [0.5, 0.6) is 5.75 Å². The smallest absolute Gasteiger partial charge is 0.259 e. The molecule has 0 radical (unpaired) electrons. The largest absolute Gasteiger partial charge is 0.494 e. The molecule has 0 atom stereocenters. The van der Waals surface area contributed by atoms with Gasteiger partial charge in [-0.15, -0.1) is 0 Å². The van der Waals surface area contributed by atoms with Gasteiger partial charge in [-0.05, 0) is 73.0 Å². The fraction of sp³-hybridized carbons (Fsp3) is 0.286. The first-order valence-electron chi connectivity index (χ1n) is 14.4. The van der Waals surface area contributed by atoms with Crippen LogP contribution in [0.3, 0.4) is 0 Å². The highest BCUT2D eigenvalue weighted by atomic mass is 16.5. The molecule has 4 aromatic carbocycles. The second-order valence-corrected chi connectivity index (χ2v) is 10.7. The lowest BCUT2D eigenvalue weighted by atomic mass is 9.88. The summed E-state index contributed by atoms with van der Waals surface area (Å²) in [6.07, 6.45) is 1.10. The number of carbonyl (C=O) groups is 1. The first-order valence-corrected chi connectivity index (χ1v) is 14.4. The Bertz CT molecular complexity index is 1370. The average molecular weight is 532 g/mol. The van der Waals surface area contributed by atoms with Gasteiger partial charge in [-0.1, -0.05) is 66.7 Å². The summed E-state index contributed by atoms with van der Waals surface area (Å²) in [5.74, 6) is 1.31. The Morgan fingerprint density at radius 3 is 2.00 bits per heavy atom. The monoisotopic (exact) mass is 531 g/mol. The summed E-state index contributed by atoms with van der Waals surface area (Å²) >= 11 is 0. The van der Waals surface area contributed by atoms with Crippen molar-refractivity contribution in [3.05, 3.63) is 125 Å². The van der Waals surface area contributed by atoms with E-state index in [4.69, 9.17) is 4.74 Å². The normalized spacial score (nSPS) is 15.5. The van der Waals surface area contributed by atoms with E-state index >= 15 is 0 Å². The second kappa shape index (κ2) is 12.0. The zero-order valence-corrected chi connectivity index (χ0v) is 23.2. The molecule has 5 heteroatoms. The predicted molar refractivity (Wildman–Crippen MR) is 163 cm³/mol. The molecule has 1 amide bonds. The number of benzene rings is 4. The van der Waals surface area contributed by atoms with Crippen LogP contribution >= 0.6 is 0 Å². The van der Waals surface area contributed by atoms with Crippen molar-refractivity contribution in [3.63, 3.8) is 0 Å². The maximum Gasteiger partial charge on any atom is 0.259 e. The molecule has 2 aliphatic heterocycles. The van der Waals surface area contributed by atoms with Gasteiger partial charge < -0.3 is 14.5 Å². The number of amides is 1. The lowest BCUT2D eigenvalue weighted by molar-refractivity contribution is 0.0996. The Hall–Kier alpha value is -4.09. The van der Waals surface area contributed by atoms with Crippen molar-refractivity contribution in [1.29, 1.82) is 0 Å². The van der Waals surface area contributed by atoms with Crippen LogP contribution in [-0.2, 0) is 6.54 Å². The number of fused-ring (bicyclic) bond motifs is 1. The van der Waals surface area contributed by atoms with Gasteiger partial charge in [0.05, 0.1) is 13.2 Å². The summed E-state index contributed by atoms with van der Waals surface area (Å²) in [5.41, 5.74) is 6.73. The van der Waals surface area contributed by atoms with Gasteiger partial charge in [-0.3, -0.25) is 9.69 Å². The first-order chi connectivity index (χ1) is 19.7. The minimum atomic E-state index is 0.0764. The molecule has 0 aliphatic carbocycles. The van der Waals surface area contributed by atoms with Crippen molar-refractivity contribution >= 4 is 17.3 Å². The lowest BCUT2D eigenvalue weighted by Gasteiger charge is -2.37. The molecular formula is C35H37N3O2. The molecular weight excluding hydrogens is 494 g/mol. The number of anilines is 2. The minimum Gasteiger partial charge on any atom is -0.494 e. The average Bonchev–Trinajstić information content (AvgIpc) is 3.35. The number of hydrogen-bond donors (Lipinski definition) is 0. The molecule has 0 aromatic heterocycles. The molecule has 0 N–H and O–H groups in total. The number of ether oxygens (including phenoxy) is 1. The van der Waals surface area contributed by atoms with E-state index in [-0.39, 0.29) is 5.91 Å². The van der Waals surface area contributed by atoms with Crippen molar-refractivity contribution in [2.75, 3.05) is 49.1 Å². The fourth-order valence-electron chi connectivity index (χ4n) is 6.02. The van der Waals surface area contributed by atoms with E-state index in [1.54, 1.807) is 0 Å². The van der Waals surface area contributed by atoms with Gasteiger partial charge in [0.2, 0.25) is 0 Å². The number of nitrogens with zero attached hydrogens (tertiary/aromatic N) is 3. The molecule has 204 valence electrons. The van der Waals surface area contributed by atoms with E-state index in [1.165, 1.54) is 11.1 Å². The van der Waals surface area contributed by atoms with Gasteiger partial charge in [0.25, 0.3) is 5.91 Å². The number of carbonyl (C=O) groups excluding carboxylic acids is 1. The number of piperazine rings is 1. The molecule has 6 rings (SSSR count). The first kappa shape index (κ1) is 26.1. The van der Waals surface area contributed by atoms with Crippen molar-refractivity contribution in [2.45, 2.75) is 25.8 Å². The summed E-state index contributed by atoms with van der Waals surface area (Å²) in [6.45, 7) is 8.28. The molecule has 40 heavy (non-hydrogen) atoms. The van der Waals surface area contributed by atoms with Crippen molar-refractivity contribution in [1.82, 2.24) is 4.90 Å². The Morgan fingerprint density at radius 2 is 1.38 bits per heavy atom. The van der Waals surface area contributed by atoms with Gasteiger partial charge in [-0.2, -0.15) is 0 Å². The fourth-order valence-corrected chi connectivity index (χ4v) is 6.02. The van der Waals surface area contributed by atoms with Crippen LogP contribution in [0.15, 0.2) is 103 Å². The van der Waals surface area contributed by atoms with Crippen LogP contribution in [0.25, 0.3) is 0 Å². The van der Waals surface area contributed by atoms with Crippen LogP contribution in [0.2, 0.25) is 0 Å². The van der Waals surface area contributed by atoms with Crippen LogP contribution in [0.4, 0.5) is 11.4 Å². The standard InChI is InChI=1S/C35H37N3O2/c1-2-40-32-17-15-30(16-18-32)38-26-29-13-14-31(25-34(29)35(38)39)37-23-21-36(22-24-37)20-19-33(27-9-5-3-6-10-27)28-11-7-4-8-12-28/h3-18,25,33H,2,19-24,26H2,1H3. The maximum absolute atomic E-state index is 13.3. The van der Waals surface area contributed by atoms with Crippen LogP contribution in [0, 0.1) is 0 Å². The van der Waals surface area contributed by atoms with Crippen LogP contribution in [-0.4, -0.2) is 50.1 Å². The molecule has 1 saturated heterocycles. The summed E-state index contributed by atoms with van der Waals surface area (Å²) in [5, 5.41) is 0. The number of hydrogen-bond acceptors (Lipinski definition) is 4. The maximum atomic E-state index is 13.3. The van der Waals surface area contributed by atoms with Crippen molar-refractivity contribution in [3.8, 4) is 5.75 Å². The topological polar surface area (TPSA) is 36.0 Å². The van der Waals surface area contributed by atoms with Gasteiger partial charge in [0.1, 0.15) is 5.75 Å². The summed E-state index contributed by atoms with van der Waals surface area (Å²) < 4.78 is 5.56. The predicted octanol–water partition coefficient (Wildman–Crippen LogP) is 6.59. The Morgan fingerprint density at radius 1 is 0.750 bits per heavy atom. The quantitative estimate of drug-likeness (QED) is 0.244.